The number of pyridine rings is 1. The lowest BCUT2D eigenvalue weighted by Gasteiger charge is -2.32. The van der Waals surface area contributed by atoms with Gasteiger partial charge in [-0.1, -0.05) is 31.4 Å². The number of halogens is 1. The van der Waals surface area contributed by atoms with E-state index >= 15 is 0 Å². The van der Waals surface area contributed by atoms with E-state index in [0.717, 1.165) is 48.5 Å². The molecule has 0 spiro atoms. The lowest BCUT2D eigenvalue weighted by Crippen LogP contribution is -2.35. The Labute approximate surface area is 133 Å². The van der Waals surface area contributed by atoms with E-state index in [0.29, 0.717) is 6.04 Å². The highest BCUT2D eigenvalue weighted by atomic mass is 35.5. The quantitative estimate of drug-likeness (QED) is 0.833. The summed E-state index contributed by atoms with van der Waals surface area (Å²) in [6.45, 7) is 5.11. The molecule has 0 aromatic carbocycles. The maximum Gasteiger partial charge on any atom is 0.129 e. The van der Waals surface area contributed by atoms with E-state index in [2.05, 4.69) is 23.2 Å². The number of nitrogens with one attached hydrogen (secondary N) is 1. The molecule has 116 valence electrons. The SMILES string of the molecule is CCCNCc1nc(N2CCC3CCCCC32)ccc1Cl. The Morgan fingerprint density at radius 1 is 1.29 bits per heavy atom. The van der Waals surface area contributed by atoms with Crippen molar-refractivity contribution in [2.75, 3.05) is 18.0 Å². The molecule has 0 amide bonds. The van der Waals surface area contributed by atoms with Crippen molar-refractivity contribution in [2.24, 2.45) is 5.92 Å². The van der Waals surface area contributed by atoms with Crippen LogP contribution in [0.4, 0.5) is 5.82 Å². The maximum absolute atomic E-state index is 6.30. The van der Waals surface area contributed by atoms with Gasteiger partial charge in [-0.2, -0.15) is 0 Å². The van der Waals surface area contributed by atoms with Gasteiger partial charge in [0.25, 0.3) is 0 Å². The van der Waals surface area contributed by atoms with Crippen molar-refractivity contribution in [2.45, 2.75) is 58.0 Å². The number of rotatable bonds is 5. The Balaban J connectivity index is 1.74. The van der Waals surface area contributed by atoms with Crippen LogP contribution in [0.1, 0.15) is 51.1 Å². The summed E-state index contributed by atoms with van der Waals surface area (Å²) in [5.74, 6) is 2.01. The molecular formula is C17H26ClN3. The minimum absolute atomic E-state index is 0.712. The van der Waals surface area contributed by atoms with Crippen LogP contribution in [0.2, 0.25) is 5.02 Å². The number of hydrogen-bond donors (Lipinski definition) is 1. The summed E-state index contributed by atoms with van der Waals surface area (Å²) in [5, 5.41) is 4.18. The number of fused-ring (bicyclic) bond motifs is 1. The predicted molar refractivity (Wildman–Crippen MR) is 89.0 cm³/mol. The predicted octanol–water partition coefficient (Wildman–Crippen LogP) is 4.00. The van der Waals surface area contributed by atoms with Crippen LogP contribution in [0.25, 0.3) is 0 Å². The van der Waals surface area contributed by atoms with Gasteiger partial charge in [0.05, 0.1) is 10.7 Å². The highest BCUT2D eigenvalue weighted by Crippen LogP contribution is 2.38. The molecule has 1 saturated carbocycles. The fourth-order valence-corrected chi connectivity index (χ4v) is 4.00. The molecule has 3 nitrogen and oxygen atoms in total. The van der Waals surface area contributed by atoms with Gasteiger partial charge in [-0.15, -0.1) is 0 Å². The molecule has 1 aliphatic heterocycles. The summed E-state index contributed by atoms with van der Waals surface area (Å²) in [7, 11) is 0. The zero-order valence-electron chi connectivity index (χ0n) is 12.9. The molecule has 0 radical (unpaired) electrons. The normalized spacial score (nSPS) is 25.1. The second-order valence-corrected chi connectivity index (χ2v) is 6.78. The molecule has 0 bridgehead atoms. The van der Waals surface area contributed by atoms with E-state index in [1.54, 1.807) is 0 Å². The minimum atomic E-state index is 0.712. The summed E-state index contributed by atoms with van der Waals surface area (Å²) < 4.78 is 0. The largest absolute Gasteiger partial charge is 0.353 e. The van der Waals surface area contributed by atoms with Crippen molar-refractivity contribution in [3.05, 3.63) is 22.8 Å². The minimum Gasteiger partial charge on any atom is -0.353 e. The molecule has 1 aromatic rings. The molecule has 2 atom stereocenters. The van der Waals surface area contributed by atoms with Crippen LogP contribution in [0.5, 0.6) is 0 Å². The molecule has 2 fully saturated rings. The molecule has 4 heteroatoms. The lowest BCUT2D eigenvalue weighted by atomic mass is 9.85. The fourth-order valence-electron chi connectivity index (χ4n) is 3.83. The number of nitrogens with zero attached hydrogens (tertiary/aromatic N) is 2. The van der Waals surface area contributed by atoms with Gasteiger partial charge in [0.1, 0.15) is 5.82 Å². The molecular weight excluding hydrogens is 282 g/mol. The third-order valence-corrected chi connectivity index (χ3v) is 5.27. The van der Waals surface area contributed by atoms with Crippen LogP contribution in [0.3, 0.4) is 0 Å². The van der Waals surface area contributed by atoms with Gasteiger partial charge in [0, 0.05) is 19.1 Å². The monoisotopic (exact) mass is 307 g/mol. The molecule has 2 unspecified atom stereocenters. The van der Waals surface area contributed by atoms with Crippen LogP contribution in [0.15, 0.2) is 12.1 Å². The number of hydrogen-bond acceptors (Lipinski definition) is 3. The maximum atomic E-state index is 6.30. The molecule has 3 rings (SSSR count). The summed E-state index contributed by atoms with van der Waals surface area (Å²) in [6, 6.07) is 4.83. The smallest absolute Gasteiger partial charge is 0.129 e. The van der Waals surface area contributed by atoms with Crippen molar-refractivity contribution in [1.29, 1.82) is 0 Å². The van der Waals surface area contributed by atoms with Crippen molar-refractivity contribution < 1.29 is 0 Å². The van der Waals surface area contributed by atoms with Crippen LogP contribution in [-0.4, -0.2) is 24.1 Å². The zero-order chi connectivity index (χ0) is 14.7. The van der Waals surface area contributed by atoms with E-state index in [-0.39, 0.29) is 0 Å². The van der Waals surface area contributed by atoms with Crippen molar-refractivity contribution in [3.8, 4) is 0 Å². The average Bonchev–Trinajstić information content (AvgIpc) is 2.93. The molecule has 1 aromatic heterocycles. The van der Waals surface area contributed by atoms with Gasteiger partial charge in [-0.3, -0.25) is 0 Å². The first-order valence-corrected chi connectivity index (χ1v) is 8.80. The van der Waals surface area contributed by atoms with Crippen molar-refractivity contribution in [1.82, 2.24) is 10.3 Å². The molecule has 1 aliphatic carbocycles. The topological polar surface area (TPSA) is 28.2 Å². The van der Waals surface area contributed by atoms with Crippen LogP contribution < -0.4 is 10.2 Å². The third kappa shape index (κ3) is 3.35. The van der Waals surface area contributed by atoms with E-state index in [9.17, 15) is 0 Å². The Hall–Kier alpha value is -0.800. The first kappa shape index (κ1) is 15.1. The summed E-state index contributed by atoms with van der Waals surface area (Å²) in [6.07, 6.45) is 7.98. The number of aromatic nitrogens is 1. The second kappa shape index (κ2) is 6.97. The third-order valence-electron chi connectivity index (χ3n) is 4.93. The molecule has 2 heterocycles. The van der Waals surface area contributed by atoms with Gasteiger partial charge in [-0.25, -0.2) is 4.98 Å². The van der Waals surface area contributed by atoms with Crippen LogP contribution in [-0.2, 0) is 6.54 Å². The Morgan fingerprint density at radius 3 is 3.00 bits per heavy atom. The van der Waals surface area contributed by atoms with Crippen molar-refractivity contribution in [3.63, 3.8) is 0 Å². The van der Waals surface area contributed by atoms with Crippen LogP contribution in [0, 0.1) is 5.92 Å². The van der Waals surface area contributed by atoms with E-state index in [1.807, 2.05) is 6.07 Å². The van der Waals surface area contributed by atoms with Crippen molar-refractivity contribution >= 4 is 17.4 Å². The van der Waals surface area contributed by atoms with E-state index < -0.39 is 0 Å². The number of anilines is 1. The summed E-state index contributed by atoms with van der Waals surface area (Å²) >= 11 is 6.30. The molecule has 1 N–H and O–H groups in total. The van der Waals surface area contributed by atoms with Gasteiger partial charge >= 0.3 is 0 Å². The first-order valence-electron chi connectivity index (χ1n) is 8.42. The standard InChI is InChI=1S/C17H26ClN3/c1-2-10-19-12-15-14(18)7-8-17(20-15)21-11-9-13-5-3-4-6-16(13)21/h7-8,13,16,19H,2-6,9-12H2,1H3. The van der Waals surface area contributed by atoms with Gasteiger partial charge in [-0.05, 0) is 50.3 Å². The van der Waals surface area contributed by atoms with Gasteiger partial charge < -0.3 is 10.2 Å². The first-order chi connectivity index (χ1) is 10.3. The zero-order valence-corrected chi connectivity index (χ0v) is 13.7. The summed E-state index contributed by atoms with van der Waals surface area (Å²) in [5.41, 5.74) is 0.988. The van der Waals surface area contributed by atoms with E-state index in [1.165, 1.54) is 32.1 Å². The Bertz CT molecular complexity index is 477. The Kier molecular flexibility index (Phi) is 5.02. The molecule has 1 saturated heterocycles. The van der Waals surface area contributed by atoms with Gasteiger partial charge in [0.2, 0.25) is 0 Å². The van der Waals surface area contributed by atoms with Gasteiger partial charge in [0.15, 0.2) is 0 Å². The molecule has 2 aliphatic rings. The van der Waals surface area contributed by atoms with Crippen LogP contribution >= 0.6 is 11.6 Å². The summed E-state index contributed by atoms with van der Waals surface area (Å²) in [4.78, 5) is 7.38. The van der Waals surface area contributed by atoms with E-state index in [4.69, 9.17) is 16.6 Å². The highest BCUT2D eigenvalue weighted by molar-refractivity contribution is 6.31. The highest BCUT2D eigenvalue weighted by Gasteiger charge is 2.36. The molecule has 21 heavy (non-hydrogen) atoms. The average molecular weight is 308 g/mol. The second-order valence-electron chi connectivity index (χ2n) is 6.37. The lowest BCUT2D eigenvalue weighted by molar-refractivity contribution is 0.341. The fraction of sp³-hybridized carbons (Fsp3) is 0.706. The Morgan fingerprint density at radius 2 is 2.14 bits per heavy atom.